The Hall–Kier alpha value is -3.96. The zero-order chi connectivity index (χ0) is 34.5. The van der Waals surface area contributed by atoms with Crippen LogP contribution in [0.15, 0.2) is 43.0 Å². The first-order valence-electron chi connectivity index (χ1n) is 16.2. The van der Waals surface area contributed by atoms with E-state index in [0.29, 0.717) is 19.5 Å². The minimum Gasteiger partial charge on any atom is -0.497 e. The Labute approximate surface area is 276 Å². The van der Waals surface area contributed by atoms with Crippen LogP contribution in [0.2, 0.25) is 0 Å². The molecule has 2 amide bonds. The second kappa shape index (κ2) is 12.6. The molecule has 0 bridgehead atoms. The molecule has 0 spiro atoms. The van der Waals surface area contributed by atoms with Crippen LogP contribution in [-0.2, 0) is 37.0 Å². The molecular formula is C36H48N4O7. The van der Waals surface area contributed by atoms with Gasteiger partial charge in [0.15, 0.2) is 0 Å². The number of likely N-dealkylation sites (tertiary alicyclic amines) is 1. The second-order valence-corrected chi connectivity index (χ2v) is 15.2. The van der Waals surface area contributed by atoms with Gasteiger partial charge in [-0.05, 0) is 73.1 Å². The maximum Gasteiger partial charge on any atom is 0.330 e. The second-order valence-electron chi connectivity index (χ2n) is 15.2. The number of hydrogen-bond acceptors (Lipinski definition) is 8. The lowest BCUT2D eigenvalue weighted by atomic mass is 9.85. The number of amides is 2. The topological polar surface area (TPSA) is 138 Å². The number of ether oxygens (including phenoxy) is 2. The van der Waals surface area contributed by atoms with Crippen molar-refractivity contribution in [3.8, 4) is 5.75 Å². The van der Waals surface area contributed by atoms with Crippen molar-refractivity contribution in [1.29, 1.82) is 0 Å². The number of benzene rings is 2. The maximum absolute atomic E-state index is 14.5. The van der Waals surface area contributed by atoms with Crippen LogP contribution in [-0.4, -0.2) is 88.1 Å². The molecule has 11 heteroatoms. The molecule has 2 aromatic carbocycles. The molecule has 47 heavy (non-hydrogen) atoms. The van der Waals surface area contributed by atoms with E-state index in [-0.39, 0.29) is 31.5 Å². The summed E-state index contributed by atoms with van der Waals surface area (Å²) in [6, 6.07) is 8.33. The van der Waals surface area contributed by atoms with Crippen molar-refractivity contribution in [1.82, 2.24) is 20.4 Å². The molecule has 0 aromatic heterocycles. The Bertz CT molecular complexity index is 1590. The number of carbonyl (C=O) groups excluding carboxylic acids is 3. The number of carboxylic acids is 1. The van der Waals surface area contributed by atoms with E-state index in [1.165, 1.54) is 5.39 Å². The van der Waals surface area contributed by atoms with E-state index in [9.17, 15) is 24.3 Å². The summed E-state index contributed by atoms with van der Waals surface area (Å²) in [5, 5.41) is 18.2. The molecular weight excluding hydrogens is 600 g/mol. The minimum absolute atomic E-state index is 0.184. The molecule has 3 aliphatic rings. The van der Waals surface area contributed by atoms with Gasteiger partial charge in [0.25, 0.3) is 0 Å². The number of aliphatic carboxylic acids is 1. The minimum atomic E-state index is -1.43. The number of nitrogens with zero attached hydrogens (tertiary/aromatic N) is 2. The lowest BCUT2D eigenvalue weighted by Gasteiger charge is -2.36. The van der Waals surface area contributed by atoms with Gasteiger partial charge in [-0.15, -0.1) is 6.58 Å². The van der Waals surface area contributed by atoms with E-state index in [4.69, 9.17) is 9.47 Å². The molecule has 1 saturated carbocycles. The number of rotatable bonds is 10. The highest BCUT2D eigenvalue weighted by molar-refractivity contribution is 5.96. The summed E-state index contributed by atoms with van der Waals surface area (Å²) >= 11 is 0. The molecule has 2 aromatic rings. The predicted molar refractivity (Wildman–Crippen MR) is 178 cm³/mol. The number of nitrogens with one attached hydrogen (secondary N) is 2. The van der Waals surface area contributed by atoms with Gasteiger partial charge in [-0.3, -0.25) is 24.6 Å². The van der Waals surface area contributed by atoms with Crippen LogP contribution in [0.3, 0.4) is 0 Å². The highest BCUT2D eigenvalue weighted by Gasteiger charge is 2.61. The average molecular weight is 649 g/mol. The zero-order valence-corrected chi connectivity index (χ0v) is 28.5. The van der Waals surface area contributed by atoms with Crippen LogP contribution >= 0.6 is 0 Å². The highest BCUT2D eigenvalue weighted by Crippen LogP contribution is 2.45. The summed E-state index contributed by atoms with van der Waals surface area (Å²) in [6.45, 7) is 16.1. The summed E-state index contributed by atoms with van der Waals surface area (Å²) in [4.78, 5) is 57.2. The van der Waals surface area contributed by atoms with Gasteiger partial charge in [0, 0.05) is 31.6 Å². The summed E-state index contributed by atoms with van der Waals surface area (Å²) < 4.78 is 11.0. The summed E-state index contributed by atoms with van der Waals surface area (Å²) in [5.74, 6) is -2.07. The van der Waals surface area contributed by atoms with Gasteiger partial charge in [-0.25, -0.2) is 4.79 Å². The molecule has 2 heterocycles. The van der Waals surface area contributed by atoms with E-state index in [1.54, 1.807) is 38.9 Å². The standard InChI is InChI=1S/C36H48N4O7/c1-9-24-16-36(24,33(44)45)38-31(42)27-15-25(39-18-22-12-10-11-21-13-26(46-8)14-23(19-39)29(21)22)20-40(27)32(43)30(34(2,3)4)37-17-28(41)47-35(5,6)7/h9-14,24-25,27,30,37H,1,15-20H2,2-8H3,(H,38,42)(H,44,45)/t24-,25-,27+,30-,36-/m1/s1. The number of carboxylic acid groups (broad SMARTS) is 1. The fourth-order valence-electron chi connectivity index (χ4n) is 7.08. The monoisotopic (exact) mass is 648 g/mol. The number of methoxy groups -OCH3 is 1. The third kappa shape index (κ3) is 7.01. The Morgan fingerprint density at radius 1 is 1.11 bits per heavy atom. The Morgan fingerprint density at radius 2 is 1.81 bits per heavy atom. The molecule has 2 aliphatic heterocycles. The summed E-state index contributed by atoms with van der Waals surface area (Å²) in [7, 11) is 1.64. The number of hydrogen-bond donors (Lipinski definition) is 3. The van der Waals surface area contributed by atoms with Crippen molar-refractivity contribution in [3.05, 3.63) is 54.1 Å². The van der Waals surface area contributed by atoms with Gasteiger partial charge in [0.2, 0.25) is 11.8 Å². The van der Waals surface area contributed by atoms with E-state index in [0.717, 1.165) is 22.3 Å². The van der Waals surface area contributed by atoms with E-state index >= 15 is 0 Å². The molecule has 2 fully saturated rings. The summed E-state index contributed by atoms with van der Waals surface area (Å²) in [6.07, 6.45) is 2.12. The van der Waals surface area contributed by atoms with Crippen molar-refractivity contribution in [3.63, 3.8) is 0 Å². The van der Waals surface area contributed by atoms with Crippen LogP contribution < -0.4 is 15.4 Å². The fourth-order valence-corrected chi connectivity index (χ4v) is 7.08. The van der Waals surface area contributed by atoms with Crippen molar-refractivity contribution in [2.24, 2.45) is 11.3 Å². The Kier molecular flexibility index (Phi) is 9.20. The molecule has 1 aliphatic carbocycles. The molecule has 5 rings (SSSR count). The molecule has 3 N–H and O–H groups in total. The Balaban J connectivity index is 1.44. The van der Waals surface area contributed by atoms with Crippen LogP contribution in [0, 0.1) is 11.3 Å². The number of carbonyl (C=O) groups is 4. The smallest absolute Gasteiger partial charge is 0.330 e. The first-order chi connectivity index (χ1) is 22.0. The average Bonchev–Trinajstić information content (AvgIpc) is 3.51. The molecule has 0 unspecified atom stereocenters. The predicted octanol–water partition coefficient (Wildman–Crippen LogP) is 3.63. The van der Waals surface area contributed by atoms with Gasteiger partial charge >= 0.3 is 11.9 Å². The largest absolute Gasteiger partial charge is 0.497 e. The van der Waals surface area contributed by atoms with Crippen LogP contribution in [0.5, 0.6) is 5.75 Å². The van der Waals surface area contributed by atoms with Crippen LogP contribution in [0.4, 0.5) is 0 Å². The third-order valence-corrected chi connectivity index (χ3v) is 9.49. The third-order valence-electron chi connectivity index (χ3n) is 9.49. The van der Waals surface area contributed by atoms with Crippen molar-refractivity contribution >= 4 is 34.5 Å². The van der Waals surface area contributed by atoms with Crippen molar-refractivity contribution in [2.45, 2.75) is 96.7 Å². The van der Waals surface area contributed by atoms with Gasteiger partial charge in [0.1, 0.15) is 22.9 Å². The van der Waals surface area contributed by atoms with E-state index in [2.05, 4.69) is 34.2 Å². The van der Waals surface area contributed by atoms with Gasteiger partial charge in [-0.2, -0.15) is 0 Å². The highest BCUT2D eigenvalue weighted by atomic mass is 16.6. The molecule has 1 saturated heterocycles. The maximum atomic E-state index is 14.5. The zero-order valence-electron chi connectivity index (χ0n) is 28.5. The number of esters is 1. The quantitative estimate of drug-likeness (QED) is 0.261. The van der Waals surface area contributed by atoms with E-state index in [1.807, 2.05) is 39.0 Å². The van der Waals surface area contributed by atoms with Gasteiger partial charge in [-0.1, -0.05) is 45.0 Å². The SMILES string of the molecule is C=C[C@@H]1C[C@]1(NC(=O)[C@@H]1C[C@@H](N2Cc3cccc4cc(OC)cc(c34)C2)CN1C(=O)[C@@H](NCC(=O)OC(C)(C)C)C(C)(C)C)C(=O)O. The molecule has 5 atom stereocenters. The fraction of sp³-hybridized carbons (Fsp3) is 0.556. The first-order valence-corrected chi connectivity index (χ1v) is 16.2. The Morgan fingerprint density at radius 3 is 2.40 bits per heavy atom. The van der Waals surface area contributed by atoms with E-state index < -0.39 is 52.4 Å². The van der Waals surface area contributed by atoms with Crippen molar-refractivity contribution < 1.29 is 33.8 Å². The van der Waals surface area contributed by atoms with Crippen LogP contribution in [0.25, 0.3) is 10.8 Å². The lowest BCUT2D eigenvalue weighted by Crippen LogP contribution is -2.59. The molecule has 11 nitrogen and oxygen atoms in total. The van der Waals surface area contributed by atoms with Gasteiger partial charge in [0.05, 0.1) is 19.7 Å². The molecule has 254 valence electrons. The first kappa shape index (κ1) is 34.4. The van der Waals surface area contributed by atoms with Crippen LogP contribution in [0.1, 0.15) is 65.5 Å². The lowest BCUT2D eigenvalue weighted by molar-refractivity contribution is -0.154. The summed E-state index contributed by atoms with van der Waals surface area (Å²) in [5.41, 5.74) is -0.476. The van der Waals surface area contributed by atoms with Crippen molar-refractivity contribution in [2.75, 3.05) is 20.2 Å². The normalized spacial score (nSPS) is 24.8. The van der Waals surface area contributed by atoms with Gasteiger partial charge < -0.3 is 24.8 Å². The molecule has 0 radical (unpaired) electrons.